The first-order valence-corrected chi connectivity index (χ1v) is 5.98. The van der Waals surface area contributed by atoms with Crippen LogP contribution in [0.2, 0.25) is 0 Å². The van der Waals surface area contributed by atoms with Crippen LogP contribution in [0.4, 0.5) is 0 Å². The number of rotatable bonds is 6. The molecular formula is C10H14N2O3S. The van der Waals surface area contributed by atoms with Crippen molar-refractivity contribution in [3.05, 3.63) is 34.7 Å². The van der Waals surface area contributed by atoms with Gasteiger partial charge in [-0.1, -0.05) is 6.07 Å². The summed E-state index contributed by atoms with van der Waals surface area (Å²) in [5, 5.41) is 8.55. The third-order valence-corrected chi connectivity index (χ3v) is 3.06. The van der Waals surface area contributed by atoms with Gasteiger partial charge in [0.05, 0.1) is 0 Å². The molecule has 0 fully saturated rings. The summed E-state index contributed by atoms with van der Waals surface area (Å²) in [4.78, 5) is 21.7. The van der Waals surface area contributed by atoms with Crippen LogP contribution in [0.15, 0.2) is 29.2 Å². The highest BCUT2D eigenvalue weighted by Gasteiger charge is 2.10. The number of aliphatic carboxylic acids is 1. The largest absolute Gasteiger partial charge is 0.480 e. The highest BCUT2D eigenvalue weighted by molar-refractivity contribution is 7.99. The minimum atomic E-state index is -0.996. The van der Waals surface area contributed by atoms with Crippen LogP contribution in [0.3, 0.4) is 0 Å². The molecule has 88 valence electrons. The summed E-state index contributed by atoms with van der Waals surface area (Å²) >= 11 is 1.43. The number of pyridine rings is 1. The average Bonchev–Trinajstić information content (AvgIpc) is 2.26. The van der Waals surface area contributed by atoms with Crippen molar-refractivity contribution in [2.75, 3.05) is 11.5 Å². The van der Waals surface area contributed by atoms with Gasteiger partial charge in [-0.3, -0.25) is 9.59 Å². The van der Waals surface area contributed by atoms with Crippen molar-refractivity contribution in [1.82, 2.24) is 4.57 Å². The van der Waals surface area contributed by atoms with Gasteiger partial charge in [-0.15, -0.1) is 0 Å². The number of carbonyl (C=O) groups is 1. The number of carboxylic acid groups (broad SMARTS) is 1. The summed E-state index contributed by atoms with van der Waals surface area (Å²) in [7, 11) is 0. The molecule has 1 unspecified atom stereocenters. The van der Waals surface area contributed by atoms with Gasteiger partial charge in [-0.2, -0.15) is 11.8 Å². The monoisotopic (exact) mass is 242 g/mol. The first kappa shape index (κ1) is 12.8. The molecule has 5 nitrogen and oxygen atoms in total. The van der Waals surface area contributed by atoms with E-state index in [-0.39, 0.29) is 5.56 Å². The molecule has 1 aromatic heterocycles. The van der Waals surface area contributed by atoms with E-state index >= 15 is 0 Å². The number of thioether (sulfide) groups is 1. The second-order valence-electron chi connectivity index (χ2n) is 3.25. The molecule has 0 aromatic carbocycles. The van der Waals surface area contributed by atoms with Crippen molar-refractivity contribution < 1.29 is 9.90 Å². The van der Waals surface area contributed by atoms with Crippen LogP contribution >= 0.6 is 11.8 Å². The predicted molar refractivity (Wildman–Crippen MR) is 63.6 cm³/mol. The Balaban J connectivity index is 2.29. The normalized spacial score (nSPS) is 12.3. The van der Waals surface area contributed by atoms with Gasteiger partial charge in [0.1, 0.15) is 6.04 Å². The third kappa shape index (κ3) is 4.08. The van der Waals surface area contributed by atoms with Crippen molar-refractivity contribution in [3.63, 3.8) is 0 Å². The number of nitrogens with two attached hydrogens (primary N) is 1. The maximum Gasteiger partial charge on any atom is 0.321 e. The molecule has 16 heavy (non-hydrogen) atoms. The first-order chi connectivity index (χ1) is 7.61. The molecule has 1 aromatic rings. The highest BCUT2D eigenvalue weighted by Crippen LogP contribution is 2.02. The fraction of sp³-hybridized carbons (Fsp3) is 0.400. The van der Waals surface area contributed by atoms with E-state index in [0.29, 0.717) is 18.1 Å². The highest BCUT2D eigenvalue weighted by atomic mass is 32.2. The minimum Gasteiger partial charge on any atom is -0.480 e. The minimum absolute atomic E-state index is 0.0503. The molecule has 1 atom stereocenters. The molecular weight excluding hydrogens is 228 g/mol. The Kier molecular flexibility index (Phi) is 5.07. The van der Waals surface area contributed by atoms with Crippen LogP contribution in [-0.2, 0) is 11.3 Å². The standard InChI is InChI=1S/C10H14N2O3S/c11-8(10(14)15)7-16-6-5-12-4-2-1-3-9(12)13/h1-4,8H,5-7,11H2,(H,14,15). The third-order valence-electron chi connectivity index (χ3n) is 1.99. The lowest BCUT2D eigenvalue weighted by Gasteiger charge is -2.07. The van der Waals surface area contributed by atoms with Crippen molar-refractivity contribution in [3.8, 4) is 0 Å². The van der Waals surface area contributed by atoms with Gasteiger partial charge in [0.15, 0.2) is 0 Å². The number of nitrogens with zero attached hydrogens (tertiary/aromatic N) is 1. The Hall–Kier alpha value is -1.27. The van der Waals surface area contributed by atoms with Crippen LogP contribution < -0.4 is 11.3 Å². The predicted octanol–water partition coefficient (Wildman–Crippen LogP) is -0.00660. The van der Waals surface area contributed by atoms with Crippen molar-refractivity contribution >= 4 is 17.7 Å². The van der Waals surface area contributed by atoms with Crippen molar-refractivity contribution in [1.29, 1.82) is 0 Å². The van der Waals surface area contributed by atoms with E-state index in [1.54, 1.807) is 22.9 Å². The molecule has 0 amide bonds. The smallest absolute Gasteiger partial charge is 0.321 e. The van der Waals surface area contributed by atoms with Crippen LogP contribution in [0.5, 0.6) is 0 Å². The van der Waals surface area contributed by atoms with Crippen LogP contribution in [0, 0.1) is 0 Å². The van der Waals surface area contributed by atoms with E-state index in [0.717, 1.165) is 0 Å². The summed E-state index contributed by atoms with van der Waals surface area (Å²) in [5.41, 5.74) is 5.29. The summed E-state index contributed by atoms with van der Waals surface area (Å²) in [6.07, 6.45) is 1.71. The molecule has 0 aliphatic carbocycles. The lowest BCUT2D eigenvalue weighted by Crippen LogP contribution is -2.32. The summed E-state index contributed by atoms with van der Waals surface area (Å²) in [6, 6.07) is 4.13. The van der Waals surface area contributed by atoms with E-state index < -0.39 is 12.0 Å². The zero-order valence-electron chi connectivity index (χ0n) is 8.70. The quantitative estimate of drug-likeness (QED) is 0.685. The Morgan fingerprint density at radius 2 is 2.31 bits per heavy atom. The van der Waals surface area contributed by atoms with E-state index in [4.69, 9.17) is 10.8 Å². The van der Waals surface area contributed by atoms with E-state index in [1.165, 1.54) is 17.8 Å². The van der Waals surface area contributed by atoms with Gasteiger partial charge in [-0.25, -0.2) is 0 Å². The van der Waals surface area contributed by atoms with Gasteiger partial charge in [0.2, 0.25) is 0 Å². The lowest BCUT2D eigenvalue weighted by molar-refractivity contribution is -0.137. The number of aryl methyl sites for hydroxylation is 1. The maximum atomic E-state index is 11.3. The number of hydrogen-bond donors (Lipinski definition) is 2. The Morgan fingerprint density at radius 1 is 1.56 bits per heavy atom. The molecule has 6 heteroatoms. The molecule has 1 heterocycles. The average molecular weight is 242 g/mol. The number of carboxylic acids is 1. The van der Waals surface area contributed by atoms with E-state index in [2.05, 4.69) is 0 Å². The van der Waals surface area contributed by atoms with E-state index in [1.807, 2.05) is 0 Å². The van der Waals surface area contributed by atoms with Gasteiger partial charge >= 0.3 is 5.97 Å². The Labute approximate surface area is 97.3 Å². The van der Waals surface area contributed by atoms with Crippen molar-refractivity contribution in [2.45, 2.75) is 12.6 Å². The summed E-state index contributed by atoms with van der Waals surface area (Å²) in [6.45, 7) is 0.566. The van der Waals surface area contributed by atoms with Crippen LogP contribution in [0.25, 0.3) is 0 Å². The fourth-order valence-electron chi connectivity index (χ4n) is 1.09. The summed E-state index contributed by atoms with van der Waals surface area (Å²) < 4.78 is 1.58. The van der Waals surface area contributed by atoms with Crippen molar-refractivity contribution in [2.24, 2.45) is 5.73 Å². The van der Waals surface area contributed by atoms with Crippen LogP contribution in [0.1, 0.15) is 0 Å². The molecule has 0 aliphatic heterocycles. The van der Waals surface area contributed by atoms with Gasteiger partial charge in [-0.05, 0) is 6.07 Å². The molecule has 0 aliphatic rings. The Bertz CT molecular complexity index is 405. The topological polar surface area (TPSA) is 85.3 Å². The molecule has 0 radical (unpaired) electrons. The number of hydrogen-bond acceptors (Lipinski definition) is 4. The second kappa shape index (κ2) is 6.34. The zero-order chi connectivity index (χ0) is 12.0. The molecule has 0 saturated carbocycles. The van der Waals surface area contributed by atoms with Crippen LogP contribution in [-0.4, -0.2) is 33.2 Å². The zero-order valence-corrected chi connectivity index (χ0v) is 9.52. The molecule has 0 bridgehead atoms. The lowest BCUT2D eigenvalue weighted by atomic mass is 10.4. The van der Waals surface area contributed by atoms with Gasteiger partial charge < -0.3 is 15.4 Å². The van der Waals surface area contributed by atoms with E-state index in [9.17, 15) is 9.59 Å². The first-order valence-electron chi connectivity index (χ1n) is 4.83. The fourth-order valence-corrected chi connectivity index (χ4v) is 1.98. The Morgan fingerprint density at radius 3 is 2.94 bits per heavy atom. The van der Waals surface area contributed by atoms with Gasteiger partial charge in [0, 0.05) is 30.3 Å². The molecule has 3 N–H and O–H groups in total. The molecule has 0 spiro atoms. The number of aromatic nitrogens is 1. The molecule has 1 rings (SSSR count). The summed E-state index contributed by atoms with van der Waals surface area (Å²) in [5.74, 6) is 0.0336. The SMILES string of the molecule is NC(CSCCn1ccccc1=O)C(=O)O. The maximum absolute atomic E-state index is 11.3. The van der Waals surface area contributed by atoms with Gasteiger partial charge in [0.25, 0.3) is 5.56 Å². The molecule has 0 saturated heterocycles. The second-order valence-corrected chi connectivity index (χ2v) is 4.40.